The third kappa shape index (κ3) is 4.29. The number of anilines is 2. The molecule has 1 fully saturated rings. The van der Waals surface area contributed by atoms with E-state index in [4.69, 9.17) is 0 Å². The summed E-state index contributed by atoms with van der Waals surface area (Å²) in [7, 11) is 0. The maximum atomic E-state index is 12.2. The van der Waals surface area contributed by atoms with Crippen molar-refractivity contribution in [3.8, 4) is 0 Å². The van der Waals surface area contributed by atoms with Gasteiger partial charge in [0.15, 0.2) is 0 Å². The normalized spacial score (nSPS) is 21.7. The highest BCUT2D eigenvalue weighted by Crippen LogP contribution is 2.21. The Kier molecular flexibility index (Phi) is 4.96. The van der Waals surface area contributed by atoms with E-state index in [0.717, 1.165) is 36.3 Å². The number of piperidine rings is 1. The maximum Gasteiger partial charge on any atom is 0.241 e. The van der Waals surface area contributed by atoms with E-state index in [1.165, 1.54) is 6.92 Å². The average molecular weight is 289 g/mol. The van der Waals surface area contributed by atoms with Crippen LogP contribution in [0.15, 0.2) is 18.2 Å². The Morgan fingerprint density at radius 3 is 2.67 bits per heavy atom. The van der Waals surface area contributed by atoms with Crippen LogP contribution in [0, 0.1) is 12.8 Å². The van der Waals surface area contributed by atoms with Gasteiger partial charge in [0.2, 0.25) is 11.8 Å². The van der Waals surface area contributed by atoms with Crippen molar-refractivity contribution in [1.82, 2.24) is 5.32 Å². The molecule has 1 aromatic rings. The monoisotopic (exact) mass is 289 g/mol. The van der Waals surface area contributed by atoms with Crippen LogP contribution in [0.25, 0.3) is 0 Å². The van der Waals surface area contributed by atoms with Crippen LogP contribution in [-0.2, 0) is 9.59 Å². The molecule has 2 amide bonds. The van der Waals surface area contributed by atoms with Gasteiger partial charge in [0, 0.05) is 18.3 Å². The van der Waals surface area contributed by atoms with Gasteiger partial charge in [-0.25, -0.2) is 0 Å². The number of nitrogens with one attached hydrogen (secondary N) is 3. The van der Waals surface area contributed by atoms with Crippen molar-refractivity contribution in [2.24, 2.45) is 5.92 Å². The minimum atomic E-state index is -0.121. The van der Waals surface area contributed by atoms with E-state index in [-0.39, 0.29) is 17.9 Å². The summed E-state index contributed by atoms with van der Waals surface area (Å²) in [6.45, 7) is 6.44. The van der Waals surface area contributed by atoms with E-state index in [9.17, 15) is 9.59 Å². The van der Waals surface area contributed by atoms with Crippen molar-refractivity contribution in [2.45, 2.75) is 39.7 Å². The summed E-state index contributed by atoms with van der Waals surface area (Å²) in [6.07, 6.45) is 1.99. The first-order valence-electron chi connectivity index (χ1n) is 7.38. The molecule has 5 heteroatoms. The standard InChI is InChI=1S/C16H23N3O2/c1-10-6-7-17-15(8-10)16(21)19-13-4-5-14(11(2)9-13)18-12(3)20/h4-5,9-10,15,17H,6-8H2,1-3H3,(H,18,20)(H,19,21). The van der Waals surface area contributed by atoms with E-state index < -0.39 is 0 Å². The quantitative estimate of drug-likeness (QED) is 0.799. The van der Waals surface area contributed by atoms with Crippen molar-refractivity contribution < 1.29 is 9.59 Å². The second kappa shape index (κ2) is 6.72. The summed E-state index contributed by atoms with van der Waals surface area (Å²) in [6, 6.07) is 5.37. The summed E-state index contributed by atoms with van der Waals surface area (Å²) in [5.41, 5.74) is 2.45. The molecule has 2 rings (SSSR count). The van der Waals surface area contributed by atoms with Crippen LogP contribution in [0.1, 0.15) is 32.3 Å². The van der Waals surface area contributed by atoms with E-state index >= 15 is 0 Å². The third-order valence-electron chi connectivity index (χ3n) is 3.79. The van der Waals surface area contributed by atoms with E-state index in [0.29, 0.717) is 5.92 Å². The lowest BCUT2D eigenvalue weighted by molar-refractivity contribution is -0.119. The molecule has 0 saturated carbocycles. The fourth-order valence-electron chi connectivity index (χ4n) is 2.61. The number of hydrogen-bond acceptors (Lipinski definition) is 3. The zero-order valence-corrected chi connectivity index (χ0v) is 12.8. The lowest BCUT2D eigenvalue weighted by Crippen LogP contribution is -2.45. The first kappa shape index (κ1) is 15.5. The van der Waals surface area contributed by atoms with Crippen molar-refractivity contribution in [1.29, 1.82) is 0 Å². The fourth-order valence-corrected chi connectivity index (χ4v) is 2.61. The highest BCUT2D eigenvalue weighted by molar-refractivity contribution is 5.96. The van der Waals surface area contributed by atoms with E-state index in [1.807, 2.05) is 25.1 Å². The Bertz CT molecular complexity index is 542. The largest absolute Gasteiger partial charge is 0.326 e. The Morgan fingerprint density at radius 1 is 1.29 bits per heavy atom. The molecule has 1 aliphatic heterocycles. The summed E-state index contributed by atoms with van der Waals surface area (Å²) >= 11 is 0. The van der Waals surface area contributed by atoms with Crippen molar-refractivity contribution in [3.63, 3.8) is 0 Å². The Morgan fingerprint density at radius 2 is 2.05 bits per heavy atom. The maximum absolute atomic E-state index is 12.2. The number of benzene rings is 1. The molecule has 2 unspecified atom stereocenters. The summed E-state index contributed by atoms with van der Waals surface area (Å²) in [5, 5.41) is 8.95. The molecule has 3 N–H and O–H groups in total. The van der Waals surface area contributed by atoms with E-state index in [1.54, 1.807) is 0 Å². The summed E-state index contributed by atoms with van der Waals surface area (Å²) in [5.74, 6) is 0.481. The Balaban J connectivity index is 2.00. The molecule has 0 aliphatic carbocycles. The Labute approximate surface area is 125 Å². The van der Waals surface area contributed by atoms with Gasteiger partial charge < -0.3 is 16.0 Å². The highest BCUT2D eigenvalue weighted by atomic mass is 16.2. The smallest absolute Gasteiger partial charge is 0.241 e. The molecule has 0 aromatic heterocycles. The van der Waals surface area contributed by atoms with Gasteiger partial charge in [0.05, 0.1) is 6.04 Å². The van der Waals surface area contributed by atoms with Crippen LogP contribution < -0.4 is 16.0 Å². The molecular formula is C16H23N3O2. The molecular weight excluding hydrogens is 266 g/mol. The number of aryl methyl sites for hydroxylation is 1. The molecule has 5 nitrogen and oxygen atoms in total. The topological polar surface area (TPSA) is 70.2 Å². The lowest BCUT2D eigenvalue weighted by atomic mass is 9.94. The minimum absolute atomic E-state index is 0.00762. The SMILES string of the molecule is CC(=O)Nc1ccc(NC(=O)C2CC(C)CCN2)cc1C. The molecule has 1 saturated heterocycles. The van der Waals surface area contributed by atoms with Gasteiger partial charge in [0.25, 0.3) is 0 Å². The third-order valence-corrected chi connectivity index (χ3v) is 3.79. The van der Waals surface area contributed by atoms with Crippen LogP contribution in [0.2, 0.25) is 0 Å². The molecule has 0 radical (unpaired) electrons. The summed E-state index contributed by atoms with van der Waals surface area (Å²) in [4.78, 5) is 23.3. The van der Waals surface area contributed by atoms with Crippen molar-refractivity contribution in [2.75, 3.05) is 17.2 Å². The predicted molar refractivity (Wildman–Crippen MR) is 84.3 cm³/mol. The summed E-state index contributed by atoms with van der Waals surface area (Å²) < 4.78 is 0. The molecule has 1 heterocycles. The van der Waals surface area contributed by atoms with Gasteiger partial charge >= 0.3 is 0 Å². The minimum Gasteiger partial charge on any atom is -0.326 e. The Hall–Kier alpha value is -1.88. The second-order valence-electron chi connectivity index (χ2n) is 5.84. The first-order chi connectivity index (χ1) is 9.95. The number of amides is 2. The molecule has 1 aliphatic rings. The zero-order valence-electron chi connectivity index (χ0n) is 12.8. The van der Waals surface area contributed by atoms with Gasteiger partial charge in [-0.3, -0.25) is 9.59 Å². The van der Waals surface area contributed by atoms with Crippen LogP contribution in [-0.4, -0.2) is 24.4 Å². The van der Waals surface area contributed by atoms with Crippen molar-refractivity contribution in [3.05, 3.63) is 23.8 Å². The fraction of sp³-hybridized carbons (Fsp3) is 0.500. The van der Waals surface area contributed by atoms with Gasteiger partial charge in [-0.15, -0.1) is 0 Å². The van der Waals surface area contributed by atoms with Crippen molar-refractivity contribution >= 4 is 23.2 Å². The van der Waals surface area contributed by atoms with Crippen LogP contribution in [0.3, 0.4) is 0 Å². The second-order valence-corrected chi connectivity index (χ2v) is 5.84. The average Bonchev–Trinajstić information content (AvgIpc) is 2.41. The lowest BCUT2D eigenvalue weighted by Gasteiger charge is -2.27. The molecule has 0 bridgehead atoms. The van der Waals surface area contributed by atoms with Gasteiger partial charge in [0.1, 0.15) is 0 Å². The highest BCUT2D eigenvalue weighted by Gasteiger charge is 2.24. The number of carbonyl (C=O) groups excluding carboxylic acids is 2. The van der Waals surface area contributed by atoms with Gasteiger partial charge in [-0.1, -0.05) is 6.92 Å². The molecule has 2 atom stereocenters. The zero-order chi connectivity index (χ0) is 15.4. The molecule has 1 aromatic carbocycles. The molecule has 21 heavy (non-hydrogen) atoms. The molecule has 0 spiro atoms. The van der Waals surface area contributed by atoms with Crippen LogP contribution in [0.5, 0.6) is 0 Å². The first-order valence-corrected chi connectivity index (χ1v) is 7.38. The predicted octanol–water partition coefficient (Wildman–Crippen LogP) is 2.28. The number of hydrogen-bond donors (Lipinski definition) is 3. The number of rotatable bonds is 3. The van der Waals surface area contributed by atoms with Crippen LogP contribution in [0.4, 0.5) is 11.4 Å². The van der Waals surface area contributed by atoms with Crippen LogP contribution >= 0.6 is 0 Å². The number of carbonyl (C=O) groups is 2. The van der Waals surface area contributed by atoms with Gasteiger partial charge in [-0.2, -0.15) is 0 Å². The van der Waals surface area contributed by atoms with E-state index in [2.05, 4.69) is 22.9 Å². The molecule has 114 valence electrons. The van der Waals surface area contributed by atoms with Gasteiger partial charge in [-0.05, 0) is 56.0 Å².